The van der Waals surface area contributed by atoms with Crippen molar-refractivity contribution in [1.29, 1.82) is 0 Å². The van der Waals surface area contributed by atoms with Crippen LogP contribution in [0.2, 0.25) is 0 Å². The van der Waals surface area contributed by atoms with E-state index in [0.29, 0.717) is 24.2 Å². The highest BCUT2D eigenvalue weighted by atomic mass is 16.5. The van der Waals surface area contributed by atoms with Crippen LogP contribution in [-0.4, -0.2) is 15.2 Å². The first-order valence-electron chi connectivity index (χ1n) is 6.01. The first-order valence-corrected chi connectivity index (χ1v) is 6.01. The molecule has 0 bridgehead atoms. The minimum Gasteiger partial charge on any atom is -0.486 e. The van der Waals surface area contributed by atoms with Crippen molar-refractivity contribution >= 4 is 0 Å². The zero-order valence-electron chi connectivity index (χ0n) is 10.6. The lowest BCUT2D eigenvalue weighted by atomic mass is 10.1. The fraction of sp³-hybridized carbons (Fsp3) is 0.385. The molecule has 1 heterocycles. The number of hydrogen-bond acceptors (Lipinski definition) is 4. The molecule has 0 spiro atoms. The summed E-state index contributed by atoms with van der Waals surface area (Å²) >= 11 is 0. The van der Waals surface area contributed by atoms with Crippen LogP contribution in [-0.2, 0) is 6.61 Å². The fourth-order valence-corrected chi connectivity index (χ4v) is 1.49. The van der Waals surface area contributed by atoms with E-state index in [1.165, 1.54) is 0 Å². The Hall–Kier alpha value is -1.88. The van der Waals surface area contributed by atoms with Gasteiger partial charge in [0, 0.05) is 0 Å². The number of hydrogen-bond donors (Lipinski definition) is 2. The monoisotopic (exact) mass is 246 g/mol. The smallest absolute Gasteiger partial charge is 0.167 e. The lowest BCUT2D eigenvalue weighted by Gasteiger charge is -2.10. The van der Waals surface area contributed by atoms with Crippen molar-refractivity contribution in [3.05, 3.63) is 42.0 Å². The molecule has 1 aromatic heterocycles. The Morgan fingerprint density at radius 2 is 2.00 bits per heavy atom. The summed E-state index contributed by atoms with van der Waals surface area (Å²) in [7, 11) is 0. The molecule has 0 amide bonds. The van der Waals surface area contributed by atoms with Gasteiger partial charge in [0.05, 0.1) is 6.04 Å². The minimum absolute atomic E-state index is 0.147. The lowest BCUT2D eigenvalue weighted by molar-refractivity contribution is 0.296. The van der Waals surface area contributed by atoms with Gasteiger partial charge >= 0.3 is 0 Å². The molecule has 0 radical (unpaired) electrons. The molecule has 2 aromatic rings. The number of nitrogens with zero attached hydrogens (tertiary/aromatic N) is 2. The molecule has 18 heavy (non-hydrogen) atoms. The Balaban J connectivity index is 1.95. The maximum Gasteiger partial charge on any atom is 0.167 e. The van der Waals surface area contributed by atoms with Gasteiger partial charge in [-0.05, 0) is 18.1 Å². The lowest BCUT2D eigenvalue weighted by Crippen LogP contribution is -2.18. The van der Waals surface area contributed by atoms with Crippen molar-refractivity contribution < 1.29 is 4.74 Å². The molecular weight excluding hydrogens is 228 g/mol. The highest BCUT2D eigenvalue weighted by Gasteiger charge is 2.15. The van der Waals surface area contributed by atoms with E-state index in [2.05, 4.69) is 15.2 Å². The second kappa shape index (κ2) is 5.64. The Labute approximate surface area is 106 Å². The third kappa shape index (κ3) is 3.07. The van der Waals surface area contributed by atoms with E-state index < -0.39 is 0 Å². The quantitative estimate of drug-likeness (QED) is 0.846. The molecular formula is C13H18N4O. The Bertz CT molecular complexity index is 481. The molecule has 2 rings (SSSR count). The highest BCUT2D eigenvalue weighted by Crippen LogP contribution is 2.15. The van der Waals surface area contributed by atoms with Crippen LogP contribution in [0.3, 0.4) is 0 Å². The molecule has 0 saturated carbocycles. The predicted molar refractivity (Wildman–Crippen MR) is 68.9 cm³/mol. The number of nitrogens with one attached hydrogen (secondary N) is 1. The van der Waals surface area contributed by atoms with Crippen molar-refractivity contribution in [1.82, 2.24) is 15.2 Å². The summed E-state index contributed by atoms with van der Waals surface area (Å²) in [5.74, 6) is 2.44. The molecule has 1 atom stereocenters. The summed E-state index contributed by atoms with van der Waals surface area (Å²) in [4.78, 5) is 4.33. The molecule has 0 fully saturated rings. The molecule has 0 unspecified atom stereocenters. The van der Waals surface area contributed by atoms with Crippen molar-refractivity contribution in [3.8, 4) is 5.75 Å². The van der Waals surface area contributed by atoms with Gasteiger partial charge in [-0.15, -0.1) is 0 Å². The highest BCUT2D eigenvalue weighted by molar-refractivity contribution is 5.21. The Morgan fingerprint density at radius 3 is 2.67 bits per heavy atom. The van der Waals surface area contributed by atoms with Crippen molar-refractivity contribution in [2.24, 2.45) is 11.7 Å². The molecule has 0 aliphatic heterocycles. The van der Waals surface area contributed by atoms with Gasteiger partial charge in [0.25, 0.3) is 0 Å². The van der Waals surface area contributed by atoms with Crippen LogP contribution >= 0.6 is 0 Å². The molecule has 0 saturated heterocycles. The van der Waals surface area contributed by atoms with Crippen LogP contribution in [0, 0.1) is 5.92 Å². The largest absolute Gasteiger partial charge is 0.486 e. The second-order valence-electron chi connectivity index (χ2n) is 4.51. The summed E-state index contributed by atoms with van der Waals surface area (Å²) in [6.45, 7) is 4.45. The SMILES string of the molecule is CC(C)[C@@H](N)c1n[nH]c(COc2ccccc2)n1. The van der Waals surface area contributed by atoms with Gasteiger partial charge in [-0.25, -0.2) is 4.98 Å². The zero-order chi connectivity index (χ0) is 13.0. The third-order valence-electron chi connectivity index (χ3n) is 2.68. The van der Waals surface area contributed by atoms with E-state index >= 15 is 0 Å². The average Bonchev–Trinajstić information content (AvgIpc) is 2.85. The van der Waals surface area contributed by atoms with E-state index in [9.17, 15) is 0 Å². The topological polar surface area (TPSA) is 76.8 Å². The van der Waals surface area contributed by atoms with Gasteiger partial charge in [0.15, 0.2) is 11.6 Å². The molecule has 5 nitrogen and oxygen atoms in total. The first kappa shape index (κ1) is 12.6. The maximum atomic E-state index is 5.97. The van der Waals surface area contributed by atoms with Crippen molar-refractivity contribution in [3.63, 3.8) is 0 Å². The number of aromatic amines is 1. The number of aromatic nitrogens is 3. The van der Waals surface area contributed by atoms with E-state index in [4.69, 9.17) is 10.5 Å². The van der Waals surface area contributed by atoms with Crippen LogP contribution in [0.5, 0.6) is 5.75 Å². The Morgan fingerprint density at radius 1 is 1.28 bits per heavy atom. The van der Waals surface area contributed by atoms with Crippen molar-refractivity contribution in [2.45, 2.75) is 26.5 Å². The molecule has 0 aliphatic carbocycles. The van der Waals surface area contributed by atoms with E-state index in [1.54, 1.807) is 0 Å². The number of para-hydroxylation sites is 1. The molecule has 5 heteroatoms. The normalized spacial score (nSPS) is 12.7. The summed E-state index contributed by atoms with van der Waals surface area (Å²) in [5, 5.41) is 6.95. The van der Waals surface area contributed by atoms with Crippen LogP contribution < -0.4 is 10.5 Å². The van der Waals surface area contributed by atoms with Crippen molar-refractivity contribution in [2.75, 3.05) is 0 Å². The summed E-state index contributed by atoms with van der Waals surface area (Å²) < 4.78 is 5.57. The zero-order valence-corrected chi connectivity index (χ0v) is 10.6. The van der Waals surface area contributed by atoms with E-state index in [1.807, 2.05) is 44.2 Å². The maximum absolute atomic E-state index is 5.97. The van der Waals surface area contributed by atoms with Crippen LogP contribution in [0.25, 0.3) is 0 Å². The molecule has 96 valence electrons. The van der Waals surface area contributed by atoms with Crippen LogP contribution in [0.1, 0.15) is 31.5 Å². The fourth-order valence-electron chi connectivity index (χ4n) is 1.49. The second-order valence-corrected chi connectivity index (χ2v) is 4.51. The number of nitrogens with two attached hydrogens (primary N) is 1. The molecule has 1 aromatic carbocycles. The predicted octanol–water partition coefficient (Wildman–Crippen LogP) is 2.04. The number of H-pyrrole nitrogens is 1. The number of rotatable bonds is 5. The third-order valence-corrected chi connectivity index (χ3v) is 2.68. The molecule has 3 N–H and O–H groups in total. The summed E-state index contributed by atoms with van der Waals surface area (Å²) in [6, 6.07) is 9.45. The van der Waals surface area contributed by atoms with Crippen LogP contribution in [0.4, 0.5) is 0 Å². The Kier molecular flexibility index (Phi) is 3.94. The van der Waals surface area contributed by atoms with Gasteiger partial charge in [0.2, 0.25) is 0 Å². The van der Waals surface area contributed by atoms with Gasteiger partial charge in [-0.2, -0.15) is 5.10 Å². The van der Waals surface area contributed by atoms with Gasteiger partial charge < -0.3 is 10.5 Å². The van der Waals surface area contributed by atoms with Crippen LogP contribution in [0.15, 0.2) is 30.3 Å². The average molecular weight is 246 g/mol. The van der Waals surface area contributed by atoms with E-state index in [-0.39, 0.29) is 6.04 Å². The van der Waals surface area contributed by atoms with Gasteiger partial charge in [-0.1, -0.05) is 32.0 Å². The number of benzene rings is 1. The van der Waals surface area contributed by atoms with Gasteiger partial charge in [0.1, 0.15) is 12.4 Å². The summed E-state index contributed by atoms with van der Waals surface area (Å²) in [6.07, 6.45) is 0. The van der Waals surface area contributed by atoms with Gasteiger partial charge in [-0.3, -0.25) is 5.10 Å². The molecule has 0 aliphatic rings. The number of ether oxygens (including phenoxy) is 1. The first-order chi connectivity index (χ1) is 8.66. The standard InChI is InChI=1S/C13H18N4O/c1-9(2)12(14)13-15-11(16-17-13)8-18-10-6-4-3-5-7-10/h3-7,9,12H,8,14H2,1-2H3,(H,15,16,17)/t12-/m1/s1. The summed E-state index contributed by atoms with van der Waals surface area (Å²) in [5.41, 5.74) is 5.97. The van der Waals surface area contributed by atoms with E-state index in [0.717, 1.165) is 5.75 Å². The minimum atomic E-state index is -0.147.